The molecule has 4 heteroatoms. The van der Waals surface area contributed by atoms with Gasteiger partial charge in [0.1, 0.15) is 0 Å². The molecule has 7 aromatic carbocycles. The zero-order valence-electron chi connectivity index (χ0n) is 34.2. The van der Waals surface area contributed by atoms with Crippen LogP contribution in [0.4, 0.5) is 28.4 Å². The van der Waals surface area contributed by atoms with Crippen LogP contribution in [0.3, 0.4) is 0 Å². The van der Waals surface area contributed by atoms with Crippen molar-refractivity contribution in [2.24, 2.45) is 0 Å². The van der Waals surface area contributed by atoms with Gasteiger partial charge in [0.2, 0.25) is 0 Å². The molecule has 278 valence electrons. The molecule has 0 amide bonds. The number of hydrogen-bond acceptors (Lipinski definition) is 3. The largest absolute Gasteiger partial charge is 0.452 e. The quantitative estimate of drug-likeness (QED) is 0.164. The highest BCUT2D eigenvalue weighted by atomic mass is 16.5. The zero-order chi connectivity index (χ0) is 39.2. The third kappa shape index (κ3) is 4.80. The summed E-state index contributed by atoms with van der Waals surface area (Å²) in [5.41, 5.74) is 21.1. The maximum atomic E-state index is 7.22. The van der Waals surface area contributed by atoms with Gasteiger partial charge in [0, 0.05) is 39.2 Å². The number of fused-ring (bicyclic) bond motifs is 9. The van der Waals surface area contributed by atoms with Crippen LogP contribution in [0.5, 0.6) is 11.5 Å². The first-order valence-electron chi connectivity index (χ1n) is 20.5. The predicted molar refractivity (Wildman–Crippen MR) is 241 cm³/mol. The summed E-state index contributed by atoms with van der Waals surface area (Å²) in [7, 11) is 0. The third-order valence-electron chi connectivity index (χ3n) is 13.1. The van der Waals surface area contributed by atoms with Crippen molar-refractivity contribution < 1.29 is 4.74 Å². The minimum absolute atomic E-state index is 0.0276. The minimum atomic E-state index is -0.276. The minimum Gasteiger partial charge on any atom is -0.452 e. The smallest absolute Gasteiger partial charge is 0.329 e. The molecule has 0 unspecified atom stereocenters. The molecule has 0 fully saturated rings. The summed E-state index contributed by atoms with van der Waals surface area (Å²) in [6.07, 6.45) is 0. The van der Waals surface area contributed by atoms with Crippen LogP contribution in [-0.2, 0) is 16.2 Å². The fraction of sp³-hybridized carbons (Fsp3) is 0.208. The van der Waals surface area contributed by atoms with Gasteiger partial charge in [0.25, 0.3) is 0 Å². The number of benzene rings is 7. The number of ether oxygens (including phenoxy) is 1. The lowest BCUT2D eigenvalue weighted by molar-refractivity contribution is 0.479. The molecule has 0 aromatic heterocycles. The van der Waals surface area contributed by atoms with Gasteiger partial charge in [-0.1, -0.05) is 146 Å². The van der Waals surface area contributed by atoms with Crippen LogP contribution in [-0.4, -0.2) is 6.85 Å². The lowest BCUT2D eigenvalue weighted by atomic mass is 9.41. The van der Waals surface area contributed by atoms with Crippen LogP contribution < -0.4 is 25.4 Å². The molecule has 0 atom stereocenters. The van der Waals surface area contributed by atoms with Gasteiger partial charge in [-0.2, -0.15) is 0 Å². The summed E-state index contributed by atoms with van der Waals surface area (Å²) in [5.74, 6) is 1.78. The summed E-state index contributed by atoms with van der Waals surface area (Å²) in [6.45, 7) is 19.0. The number of nitrogens with zero attached hydrogens (tertiary/aromatic N) is 2. The van der Waals surface area contributed by atoms with E-state index in [0.29, 0.717) is 0 Å². The number of anilines is 5. The topological polar surface area (TPSA) is 15.7 Å². The van der Waals surface area contributed by atoms with Crippen molar-refractivity contribution in [2.45, 2.75) is 71.6 Å². The molecule has 0 N–H and O–H groups in total. The first-order valence-corrected chi connectivity index (χ1v) is 20.5. The summed E-state index contributed by atoms with van der Waals surface area (Å²) in [6, 6.07) is 52.0. The van der Waals surface area contributed by atoms with E-state index in [1.165, 1.54) is 77.9 Å². The average Bonchev–Trinajstić information content (AvgIpc) is 3.20. The Labute approximate surface area is 337 Å². The van der Waals surface area contributed by atoms with Gasteiger partial charge in [-0.05, 0) is 109 Å². The fourth-order valence-electron chi connectivity index (χ4n) is 10.00. The van der Waals surface area contributed by atoms with Crippen LogP contribution in [0.25, 0.3) is 33.4 Å². The fourth-order valence-corrected chi connectivity index (χ4v) is 10.00. The summed E-state index contributed by atoms with van der Waals surface area (Å²) >= 11 is 0. The first kappa shape index (κ1) is 34.3. The van der Waals surface area contributed by atoms with E-state index in [1.54, 1.807) is 0 Å². The number of para-hydroxylation sites is 3. The van der Waals surface area contributed by atoms with E-state index in [4.69, 9.17) is 4.74 Å². The zero-order valence-corrected chi connectivity index (χ0v) is 34.2. The summed E-state index contributed by atoms with van der Waals surface area (Å²) in [5, 5.41) is 0. The number of rotatable bonds is 2. The van der Waals surface area contributed by atoms with Crippen molar-refractivity contribution in [3.63, 3.8) is 0 Å². The van der Waals surface area contributed by atoms with E-state index in [9.17, 15) is 0 Å². The monoisotopic (exact) mass is 738 g/mol. The van der Waals surface area contributed by atoms with E-state index in [2.05, 4.69) is 205 Å². The van der Waals surface area contributed by atoms with E-state index in [0.717, 1.165) is 28.6 Å². The Balaban J connectivity index is 1.28. The van der Waals surface area contributed by atoms with Crippen LogP contribution in [0.1, 0.15) is 77.6 Å². The second-order valence-electron chi connectivity index (χ2n) is 19.0. The molecule has 0 saturated carbocycles. The summed E-state index contributed by atoms with van der Waals surface area (Å²) in [4.78, 5) is 5.11. The standard InChI is InChI=1S/C53H47BN2O/c1-51(2,3)34-28-38-37-27-33(32-17-11-9-12-18-32)23-24-42(37)54-43-25-26-45-50(57-46-22-16-15-21-44(46)55(45)36-19-13-10-14-20-36)47(43)39-29-35(52(4,5)6)31-41-49(39)56(54)48(38)40(30-34)53(41,7)8/h9-31H,1-8H3. The van der Waals surface area contributed by atoms with Gasteiger partial charge < -0.3 is 14.4 Å². The van der Waals surface area contributed by atoms with Crippen LogP contribution in [0, 0.1) is 0 Å². The van der Waals surface area contributed by atoms with Crippen LogP contribution in [0.15, 0.2) is 140 Å². The van der Waals surface area contributed by atoms with Gasteiger partial charge in [0.05, 0.1) is 11.4 Å². The molecule has 4 aliphatic heterocycles. The molecule has 3 nitrogen and oxygen atoms in total. The van der Waals surface area contributed by atoms with Crippen molar-refractivity contribution in [3.05, 3.63) is 162 Å². The Morgan fingerprint density at radius 3 is 1.81 bits per heavy atom. The lowest BCUT2D eigenvalue weighted by Gasteiger charge is -2.52. The molecule has 0 aliphatic carbocycles. The Kier molecular flexibility index (Phi) is 6.94. The van der Waals surface area contributed by atoms with E-state index < -0.39 is 0 Å². The Hall–Kier alpha value is -6.00. The molecular weight excluding hydrogens is 691 g/mol. The molecule has 7 aromatic rings. The van der Waals surface area contributed by atoms with Crippen molar-refractivity contribution in [3.8, 4) is 44.9 Å². The Bertz CT molecular complexity index is 2830. The van der Waals surface area contributed by atoms with E-state index >= 15 is 0 Å². The second-order valence-corrected chi connectivity index (χ2v) is 19.0. The molecule has 0 bridgehead atoms. The van der Waals surface area contributed by atoms with E-state index in [-0.39, 0.29) is 23.1 Å². The van der Waals surface area contributed by atoms with Gasteiger partial charge in [-0.3, -0.25) is 0 Å². The second kappa shape index (κ2) is 11.5. The van der Waals surface area contributed by atoms with Crippen molar-refractivity contribution in [2.75, 3.05) is 9.71 Å². The van der Waals surface area contributed by atoms with Gasteiger partial charge in [0.15, 0.2) is 11.5 Å². The molecule has 0 radical (unpaired) electrons. The van der Waals surface area contributed by atoms with Crippen molar-refractivity contribution in [1.29, 1.82) is 0 Å². The highest BCUT2D eigenvalue weighted by molar-refractivity contribution is 6.92. The molecule has 0 spiro atoms. The SMILES string of the molecule is CC(C)(C)c1cc2c3c(c1)C(C)(C)c1cc(C(C)(C)C)cc4c1N3B(c1ccc(-c3ccccc3)cc1-2)c1ccc2c(c1-4)Oc1ccccc1N2c1ccccc1. The molecule has 57 heavy (non-hydrogen) atoms. The van der Waals surface area contributed by atoms with Gasteiger partial charge in [-0.15, -0.1) is 0 Å². The van der Waals surface area contributed by atoms with Crippen LogP contribution in [0.2, 0.25) is 0 Å². The Morgan fingerprint density at radius 2 is 1.12 bits per heavy atom. The first-order chi connectivity index (χ1) is 27.3. The molecular formula is C53H47BN2O. The third-order valence-corrected chi connectivity index (χ3v) is 13.1. The molecule has 11 rings (SSSR count). The van der Waals surface area contributed by atoms with E-state index in [1.807, 2.05) is 0 Å². The maximum Gasteiger partial charge on any atom is 0.329 e. The lowest BCUT2D eigenvalue weighted by Crippen LogP contribution is -2.61. The van der Waals surface area contributed by atoms with Crippen LogP contribution >= 0.6 is 0 Å². The highest BCUT2D eigenvalue weighted by Gasteiger charge is 2.52. The normalized spacial score (nSPS) is 15.2. The van der Waals surface area contributed by atoms with Gasteiger partial charge in [-0.25, -0.2) is 0 Å². The Morgan fingerprint density at radius 1 is 0.526 bits per heavy atom. The molecule has 4 aliphatic rings. The number of hydrogen-bond donors (Lipinski definition) is 0. The highest BCUT2D eigenvalue weighted by Crippen LogP contribution is 2.62. The predicted octanol–water partition coefficient (Wildman–Crippen LogP) is 13.1. The van der Waals surface area contributed by atoms with Crippen molar-refractivity contribution in [1.82, 2.24) is 0 Å². The molecule has 0 saturated heterocycles. The molecule has 4 heterocycles. The summed E-state index contributed by atoms with van der Waals surface area (Å²) < 4.78 is 7.22. The maximum absolute atomic E-state index is 7.22. The average molecular weight is 739 g/mol. The van der Waals surface area contributed by atoms with Gasteiger partial charge >= 0.3 is 6.85 Å². The van der Waals surface area contributed by atoms with Crippen molar-refractivity contribution >= 4 is 46.2 Å².